The Bertz CT molecular complexity index is 1510. The highest BCUT2D eigenvalue weighted by Crippen LogP contribution is 2.24. The van der Waals surface area contributed by atoms with Crippen molar-refractivity contribution in [3.05, 3.63) is 63.4 Å². The number of aromatic amines is 2. The fourth-order valence-corrected chi connectivity index (χ4v) is 4.32. The molecule has 10 nitrogen and oxygen atoms in total. The van der Waals surface area contributed by atoms with Gasteiger partial charge >= 0.3 is 5.69 Å². The van der Waals surface area contributed by atoms with Crippen molar-refractivity contribution in [1.82, 2.24) is 24.6 Å². The Hall–Kier alpha value is -4.08. The molecule has 3 aromatic heterocycles. The number of nitrogens with zero attached hydrogens (tertiary/aromatic N) is 5. The van der Waals surface area contributed by atoms with E-state index in [1.165, 1.54) is 24.9 Å². The highest BCUT2D eigenvalue weighted by molar-refractivity contribution is 5.63. The van der Waals surface area contributed by atoms with Crippen molar-refractivity contribution in [3.63, 3.8) is 0 Å². The number of benzene rings is 1. The number of imidazole rings is 1. The van der Waals surface area contributed by atoms with Crippen molar-refractivity contribution in [3.8, 4) is 5.88 Å². The van der Waals surface area contributed by atoms with E-state index < -0.39 is 5.69 Å². The summed E-state index contributed by atoms with van der Waals surface area (Å²) in [6.07, 6.45) is 9.24. The summed E-state index contributed by atoms with van der Waals surface area (Å²) in [6, 6.07) is 10.6. The van der Waals surface area contributed by atoms with Gasteiger partial charge in [-0.1, -0.05) is 0 Å². The first-order valence-corrected chi connectivity index (χ1v) is 11.7. The summed E-state index contributed by atoms with van der Waals surface area (Å²) in [6.45, 7) is 2.22. The molecule has 1 aliphatic heterocycles. The van der Waals surface area contributed by atoms with Crippen LogP contribution in [0.1, 0.15) is 37.8 Å². The lowest BCUT2D eigenvalue weighted by atomic mass is 10.1. The van der Waals surface area contributed by atoms with E-state index >= 15 is 0 Å². The number of aromatic hydroxyl groups is 1. The zero-order chi connectivity index (χ0) is 23.1. The highest BCUT2D eigenvalue weighted by Gasteiger charge is 2.20. The molecule has 1 aliphatic carbocycles. The predicted octanol–water partition coefficient (Wildman–Crippen LogP) is 1.80. The summed E-state index contributed by atoms with van der Waals surface area (Å²) in [5.74, 6) is 0.426. The summed E-state index contributed by atoms with van der Waals surface area (Å²) >= 11 is 0. The van der Waals surface area contributed by atoms with Gasteiger partial charge in [0.05, 0.1) is 12.2 Å². The molecule has 0 radical (unpaired) electrons. The Morgan fingerprint density at radius 3 is 2.62 bits per heavy atom. The molecule has 174 valence electrons. The smallest absolute Gasteiger partial charge is 0.326 e. The van der Waals surface area contributed by atoms with E-state index in [9.17, 15) is 9.90 Å². The molecule has 1 saturated heterocycles. The molecule has 0 amide bonds. The number of nitrogens with one attached hydrogen (secondary N) is 3. The maximum absolute atomic E-state index is 11.5. The van der Waals surface area contributed by atoms with Crippen molar-refractivity contribution >= 4 is 28.9 Å². The first-order valence-electron chi connectivity index (χ1n) is 11.7. The van der Waals surface area contributed by atoms with E-state index in [1.807, 2.05) is 6.07 Å². The Kier molecular flexibility index (Phi) is 5.05. The average Bonchev–Trinajstić information content (AvgIpc) is 3.48. The number of H-pyrrole nitrogens is 2. The van der Waals surface area contributed by atoms with Crippen molar-refractivity contribution < 1.29 is 5.11 Å². The Morgan fingerprint density at radius 1 is 1.12 bits per heavy atom. The van der Waals surface area contributed by atoms with Crippen molar-refractivity contribution in [2.24, 2.45) is 4.99 Å². The lowest BCUT2D eigenvalue weighted by molar-refractivity contribution is 0.454. The minimum atomic E-state index is -0.479. The van der Waals surface area contributed by atoms with Crippen LogP contribution in [0.2, 0.25) is 0 Å². The van der Waals surface area contributed by atoms with Crippen LogP contribution in [-0.2, 0) is 0 Å². The van der Waals surface area contributed by atoms with Crippen LogP contribution >= 0.6 is 0 Å². The lowest BCUT2D eigenvalue weighted by Crippen LogP contribution is -2.29. The molecule has 1 saturated carbocycles. The highest BCUT2D eigenvalue weighted by atomic mass is 16.3. The molecule has 34 heavy (non-hydrogen) atoms. The quantitative estimate of drug-likeness (QED) is 0.361. The van der Waals surface area contributed by atoms with Gasteiger partial charge in [-0.15, -0.1) is 0 Å². The fourth-order valence-electron chi connectivity index (χ4n) is 4.32. The minimum absolute atomic E-state index is 0.227. The topological polar surface area (TPSA) is 127 Å². The van der Waals surface area contributed by atoms with Gasteiger partial charge in [-0.25, -0.2) is 9.78 Å². The third-order valence-corrected chi connectivity index (χ3v) is 6.24. The van der Waals surface area contributed by atoms with E-state index in [0.29, 0.717) is 28.2 Å². The van der Waals surface area contributed by atoms with Crippen LogP contribution in [0, 0.1) is 0 Å². The van der Waals surface area contributed by atoms with Crippen molar-refractivity contribution in [1.29, 1.82) is 0 Å². The van der Waals surface area contributed by atoms with Crippen LogP contribution in [0.25, 0.3) is 11.7 Å². The van der Waals surface area contributed by atoms with Crippen LogP contribution < -0.4 is 26.6 Å². The Morgan fingerprint density at radius 2 is 1.91 bits per heavy atom. The van der Waals surface area contributed by atoms with Gasteiger partial charge in [-0.05, 0) is 62.4 Å². The van der Waals surface area contributed by atoms with Gasteiger partial charge in [0.2, 0.25) is 5.88 Å². The van der Waals surface area contributed by atoms with Crippen LogP contribution in [0.15, 0.2) is 46.3 Å². The monoisotopic (exact) mass is 458 g/mol. The molecule has 2 fully saturated rings. The maximum Gasteiger partial charge on any atom is 0.326 e. The molecule has 4 aromatic rings. The largest absolute Gasteiger partial charge is 0.493 e. The molecule has 0 bridgehead atoms. The molecule has 6 rings (SSSR count). The van der Waals surface area contributed by atoms with Crippen LogP contribution in [-0.4, -0.2) is 48.8 Å². The SMILES string of the molecule is O=c1[nH]c(O)c(C=c2cnn3c(=NC4CC4)cc(Nc4ccc(N5CCCCC5)cc4)nc23)[nH]1. The Labute approximate surface area is 194 Å². The van der Waals surface area contributed by atoms with E-state index in [0.717, 1.165) is 31.6 Å². The van der Waals surface area contributed by atoms with Crippen molar-refractivity contribution in [2.75, 3.05) is 23.3 Å². The average molecular weight is 459 g/mol. The molecule has 4 heterocycles. The fraction of sp³-hybridized carbons (Fsp3) is 0.333. The number of anilines is 3. The number of piperidine rings is 1. The van der Waals surface area contributed by atoms with E-state index in [1.54, 1.807) is 16.8 Å². The first kappa shape index (κ1) is 20.5. The molecular formula is C24H26N8O2. The lowest BCUT2D eigenvalue weighted by Gasteiger charge is -2.28. The summed E-state index contributed by atoms with van der Waals surface area (Å²) in [4.78, 5) is 28.4. The molecule has 1 aromatic carbocycles. The zero-order valence-electron chi connectivity index (χ0n) is 18.7. The van der Waals surface area contributed by atoms with Gasteiger partial charge in [0.25, 0.3) is 0 Å². The molecule has 2 aliphatic rings. The maximum atomic E-state index is 11.5. The number of hydrogen-bond acceptors (Lipinski definition) is 7. The second kappa shape index (κ2) is 8.36. The van der Waals surface area contributed by atoms with Gasteiger partial charge in [0, 0.05) is 35.7 Å². The van der Waals surface area contributed by atoms with Crippen molar-refractivity contribution in [2.45, 2.75) is 38.1 Å². The molecule has 0 unspecified atom stereocenters. The summed E-state index contributed by atoms with van der Waals surface area (Å²) in [5, 5.41) is 18.5. The Balaban J connectivity index is 1.37. The molecule has 0 spiro atoms. The van der Waals surface area contributed by atoms with E-state index in [-0.39, 0.29) is 11.6 Å². The molecule has 4 N–H and O–H groups in total. The molecule has 10 heteroatoms. The zero-order valence-corrected chi connectivity index (χ0v) is 18.7. The van der Waals surface area contributed by atoms with Crippen LogP contribution in [0.4, 0.5) is 17.2 Å². The first-order chi connectivity index (χ1) is 16.6. The van der Waals surface area contributed by atoms with E-state index in [2.05, 4.69) is 49.5 Å². The van der Waals surface area contributed by atoms with Gasteiger partial charge in [-0.2, -0.15) is 9.61 Å². The number of fused-ring (bicyclic) bond motifs is 1. The molecule has 0 atom stereocenters. The second-order valence-electron chi connectivity index (χ2n) is 8.90. The third kappa shape index (κ3) is 4.14. The van der Waals surface area contributed by atoms with Gasteiger partial charge in [0.1, 0.15) is 11.5 Å². The normalized spacial score (nSPS) is 17.6. The third-order valence-electron chi connectivity index (χ3n) is 6.24. The second-order valence-corrected chi connectivity index (χ2v) is 8.90. The van der Waals surface area contributed by atoms with Crippen LogP contribution in [0.3, 0.4) is 0 Å². The summed E-state index contributed by atoms with van der Waals surface area (Å²) < 4.78 is 1.69. The molecular weight excluding hydrogens is 432 g/mol. The minimum Gasteiger partial charge on any atom is -0.493 e. The van der Waals surface area contributed by atoms with E-state index in [4.69, 9.17) is 9.98 Å². The summed E-state index contributed by atoms with van der Waals surface area (Å²) in [7, 11) is 0. The van der Waals surface area contributed by atoms with Crippen LogP contribution in [0.5, 0.6) is 5.88 Å². The van der Waals surface area contributed by atoms with Gasteiger partial charge in [-0.3, -0.25) is 9.98 Å². The van der Waals surface area contributed by atoms with Gasteiger partial charge in [0.15, 0.2) is 11.1 Å². The number of aromatic nitrogens is 5. The standard InChI is InChI=1S/C24H26N8O2/c33-23-19(28-24(34)30-23)12-15-14-25-32-21(27-17-4-5-17)13-20(29-22(15)32)26-16-6-8-18(9-7-16)31-10-2-1-3-11-31/h6-9,12-14,17,26,33H,1-5,10-11H2,(H2,28,30,34). The summed E-state index contributed by atoms with van der Waals surface area (Å²) in [5.41, 5.74) is 3.27. The van der Waals surface area contributed by atoms with Gasteiger partial charge < -0.3 is 20.3 Å². The number of rotatable bonds is 5. The predicted molar refractivity (Wildman–Crippen MR) is 129 cm³/mol. The number of hydrogen-bond donors (Lipinski definition) is 4.